The Morgan fingerprint density at radius 2 is 1.78 bits per heavy atom. The van der Waals surface area contributed by atoms with Gasteiger partial charge in [-0.3, -0.25) is 4.79 Å². The Kier molecular flexibility index (Phi) is 6.45. The summed E-state index contributed by atoms with van der Waals surface area (Å²) in [5, 5.41) is 11.7. The number of esters is 1. The number of carbonyl (C=O) groups is 1. The summed E-state index contributed by atoms with van der Waals surface area (Å²) in [6.45, 7) is 14.3. The van der Waals surface area contributed by atoms with Crippen LogP contribution in [0.3, 0.4) is 0 Å². The predicted molar refractivity (Wildman–Crippen MR) is 93.3 cm³/mol. The fourth-order valence-electron chi connectivity index (χ4n) is 3.49. The van der Waals surface area contributed by atoms with Crippen molar-refractivity contribution in [3.8, 4) is 0 Å². The van der Waals surface area contributed by atoms with Crippen molar-refractivity contribution < 1.29 is 14.7 Å². The van der Waals surface area contributed by atoms with Gasteiger partial charge in [-0.1, -0.05) is 26.0 Å². The van der Waals surface area contributed by atoms with Gasteiger partial charge in [-0.15, -0.1) is 0 Å². The fourth-order valence-corrected chi connectivity index (χ4v) is 3.49. The van der Waals surface area contributed by atoms with Crippen molar-refractivity contribution in [1.29, 1.82) is 0 Å². The molecule has 0 amide bonds. The molecule has 23 heavy (non-hydrogen) atoms. The number of hydrogen-bond acceptors (Lipinski definition) is 4. The van der Waals surface area contributed by atoms with Crippen LogP contribution in [0.4, 0.5) is 0 Å². The van der Waals surface area contributed by atoms with Gasteiger partial charge in [0.1, 0.15) is 6.10 Å². The van der Waals surface area contributed by atoms with E-state index in [9.17, 15) is 10.0 Å². The summed E-state index contributed by atoms with van der Waals surface area (Å²) >= 11 is 0. The monoisotopic (exact) mass is 325 g/mol. The normalized spacial score (nSPS) is 22.4. The SMILES string of the molecule is C/C=C/CC(C)(C)CCC(=O)OC1CC(C)(C)N(O)C(C)(C)C1. The van der Waals surface area contributed by atoms with E-state index >= 15 is 0 Å². The van der Waals surface area contributed by atoms with Gasteiger partial charge in [-0.25, -0.2) is 0 Å². The standard InChI is InChI=1S/C19H35NO3/c1-8-9-11-17(2,3)12-10-16(21)23-15-13-18(4,5)20(22)19(6,7)14-15/h8-9,15,22H,10-14H2,1-7H3/b9-8+. The molecule has 4 nitrogen and oxygen atoms in total. The third-order valence-corrected chi connectivity index (χ3v) is 4.81. The minimum atomic E-state index is -0.391. The third kappa shape index (κ3) is 5.92. The number of allylic oxidation sites excluding steroid dienone is 2. The van der Waals surface area contributed by atoms with Crippen molar-refractivity contribution in [1.82, 2.24) is 5.06 Å². The lowest BCUT2D eigenvalue weighted by Gasteiger charge is -2.50. The van der Waals surface area contributed by atoms with Gasteiger partial charge < -0.3 is 9.94 Å². The van der Waals surface area contributed by atoms with E-state index in [0.717, 1.165) is 12.8 Å². The van der Waals surface area contributed by atoms with Crippen molar-refractivity contribution >= 4 is 5.97 Å². The van der Waals surface area contributed by atoms with Crippen LogP contribution < -0.4 is 0 Å². The van der Waals surface area contributed by atoms with E-state index in [-0.39, 0.29) is 17.5 Å². The lowest BCUT2D eigenvalue weighted by atomic mass is 9.80. The van der Waals surface area contributed by atoms with Gasteiger partial charge in [0, 0.05) is 30.3 Å². The number of nitrogens with zero attached hydrogens (tertiary/aromatic N) is 1. The van der Waals surface area contributed by atoms with Crippen LogP contribution in [-0.4, -0.2) is 33.4 Å². The summed E-state index contributed by atoms with van der Waals surface area (Å²) < 4.78 is 5.72. The maximum absolute atomic E-state index is 12.2. The highest BCUT2D eigenvalue weighted by molar-refractivity contribution is 5.69. The van der Waals surface area contributed by atoms with E-state index in [4.69, 9.17) is 4.74 Å². The minimum absolute atomic E-state index is 0.110. The van der Waals surface area contributed by atoms with Gasteiger partial charge in [0.25, 0.3) is 0 Å². The van der Waals surface area contributed by atoms with Gasteiger partial charge >= 0.3 is 5.97 Å². The fraction of sp³-hybridized carbons (Fsp3) is 0.842. The Bertz CT molecular complexity index is 420. The molecule has 0 aromatic rings. The first-order valence-corrected chi connectivity index (χ1v) is 8.69. The van der Waals surface area contributed by atoms with Crippen molar-refractivity contribution in [2.24, 2.45) is 5.41 Å². The first-order valence-electron chi connectivity index (χ1n) is 8.69. The summed E-state index contributed by atoms with van der Waals surface area (Å²) in [6, 6.07) is 0. The molecule has 0 aromatic heterocycles. The van der Waals surface area contributed by atoms with E-state index in [1.807, 2.05) is 40.7 Å². The van der Waals surface area contributed by atoms with E-state index in [2.05, 4.69) is 19.9 Å². The summed E-state index contributed by atoms with van der Waals surface area (Å²) in [4.78, 5) is 12.2. The average molecular weight is 325 g/mol. The van der Waals surface area contributed by atoms with E-state index < -0.39 is 11.1 Å². The molecular formula is C19H35NO3. The highest BCUT2D eigenvalue weighted by Gasteiger charge is 2.46. The van der Waals surface area contributed by atoms with Crippen LogP contribution in [0.2, 0.25) is 0 Å². The number of hydroxylamine groups is 2. The quantitative estimate of drug-likeness (QED) is 0.567. The Morgan fingerprint density at radius 1 is 1.26 bits per heavy atom. The smallest absolute Gasteiger partial charge is 0.306 e. The van der Waals surface area contributed by atoms with Crippen LogP contribution in [0.5, 0.6) is 0 Å². The molecule has 4 heteroatoms. The Balaban J connectivity index is 2.55. The molecule has 0 aromatic carbocycles. The summed E-state index contributed by atoms with van der Waals surface area (Å²) in [5.41, 5.74) is -0.672. The van der Waals surface area contributed by atoms with Crippen LogP contribution in [0.25, 0.3) is 0 Å². The van der Waals surface area contributed by atoms with Gasteiger partial charge in [0.15, 0.2) is 0 Å². The molecule has 0 aliphatic carbocycles. The summed E-state index contributed by atoms with van der Waals surface area (Å²) in [6.07, 6.45) is 7.61. The molecule has 1 fully saturated rings. The molecule has 1 saturated heterocycles. The molecule has 0 unspecified atom stereocenters. The number of carbonyl (C=O) groups excluding carboxylic acids is 1. The second-order valence-corrected chi connectivity index (χ2v) is 8.89. The molecule has 1 heterocycles. The molecule has 1 aliphatic heterocycles. The largest absolute Gasteiger partial charge is 0.462 e. The first kappa shape index (κ1) is 20.2. The molecule has 134 valence electrons. The number of rotatable bonds is 6. The molecule has 1 aliphatic rings. The lowest BCUT2D eigenvalue weighted by Crippen LogP contribution is -2.60. The zero-order valence-corrected chi connectivity index (χ0v) is 16.0. The molecule has 0 saturated carbocycles. The van der Waals surface area contributed by atoms with Crippen molar-refractivity contribution in [2.45, 2.75) is 97.8 Å². The summed E-state index contributed by atoms with van der Waals surface area (Å²) in [7, 11) is 0. The second kappa shape index (κ2) is 7.35. The summed E-state index contributed by atoms with van der Waals surface area (Å²) in [5.74, 6) is -0.124. The van der Waals surface area contributed by atoms with Crippen LogP contribution >= 0.6 is 0 Å². The van der Waals surface area contributed by atoms with Crippen molar-refractivity contribution in [3.05, 3.63) is 12.2 Å². The number of piperidine rings is 1. The second-order valence-electron chi connectivity index (χ2n) is 8.89. The van der Waals surface area contributed by atoms with Crippen molar-refractivity contribution in [3.63, 3.8) is 0 Å². The van der Waals surface area contributed by atoms with Crippen LogP contribution in [0.15, 0.2) is 12.2 Å². The lowest BCUT2D eigenvalue weighted by molar-refractivity contribution is -0.259. The Morgan fingerprint density at radius 3 is 2.26 bits per heavy atom. The van der Waals surface area contributed by atoms with Crippen LogP contribution in [0.1, 0.15) is 80.6 Å². The molecule has 1 rings (SSSR count). The third-order valence-electron chi connectivity index (χ3n) is 4.81. The topological polar surface area (TPSA) is 49.8 Å². The zero-order chi connectivity index (χ0) is 17.9. The van der Waals surface area contributed by atoms with E-state index in [1.165, 1.54) is 5.06 Å². The zero-order valence-electron chi connectivity index (χ0n) is 16.0. The Hall–Kier alpha value is -0.870. The van der Waals surface area contributed by atoms with E-state index in [1.54, 1.807) is 0 Å². The maximum atomic E-state index is 12.2. The number of hydrogen-bond donors (Lipinski definition) is 1. The highest BCUT2D eigenvalue weighted by atomic mass is 16.5. The molecule has 0 spiro atoms. The highest BCUT2D eigenvalue weighted by Crippen LogP contribution is 2.38. The molecule has 0 atom stereocenters. The van der Waals surface area contributed by atoms with Gasteiger partial charge in [-0.05, 0) is 52.9 Å². The van der Waals surface area contributed by atoms with Crippen LogP contribution in [0, 0.1) is 5.41 Å². The van der Waals surface area contributed by atoms with Gasteiger partial charge in [0.2, 0.25) is 0 Å². The minimum Gasteiger partial charge on any atom is -0.462 e. The number of ether oxygens (including phenoxy) is 1. The van der Waals surface area contributed by atoms with Crippen molar-refractivity contribution in [2.75, 3.05) is 0 Å². The molecular weight excluding hydrogens is 290 g/mol. The predicted octanol–water partition coefficient (Wildman–Crippen LogP) is 4.71. The average Bonchev–Trinajstić information content (AvgIpc) is 2.40. The van der Waals surface area contributed by atoms with E-state index in [0.29, 0.717) is 19.3 Å². The maximum Gasteiger partial charge on any atom is 0.306 e. The first-order chi connectivity index (χ1) is 10.4. The Labute approximate surface area is 141 Å². The molecule has 0 radical (unpaired) electrons. The van der Waals surface area contributed by atoms with Gasteiger partial charge in [-0.2, -0.15) is 5.06 Å². The van der Waals surface area contributed by atoms with Crippen LogP contribution in [-0.2, 0) is 9.53 Å². The molecule has 1 N–H and O–H groups in total. The molecule has 0 bridgehead atoms. The van der Waals surface area contributed by atoms with Gasteiger partial charge in [0.05, 0.1) is 0 Å².